The van der Waals surface area contributed by atoms with Crippen molar-refractivity contribution in [3.8, 4) is 0 Å². The van der Waals surface area contributed by atoms with Crippen molar-refractivity contribution in [2.45, 2.75) is 0 Å². The Bertz CT molecular complexity index is 13.5. The molecule has 0 aromatic heterocycles. The van der Waals surface area contributed by atoms with Crippen LogP contribution in [0.4, 0.5) is 0 Å². The molecule has 1 radical (unpaired) electrons. The van der Waals surface area contributed by atoms with E-state index >= 15 is 0 Å². The monoisotopic (exact) mass is 218 g/mol. The Balaban J connectivity index is 0. The quantitative estimate of drug-likeness (QED) is 0.496. The molecule has 0 aliphatic rings. The summed E-state index contributed by atoms with van der Waals surface area (Å²) >= 11 is 0. The third-order valence-electron chi connectivity index (χ3n) is 0. The molecular formula is H2BeFeNbNi. The first-order chi connectivity index (χ1) is 0. The van der Waals surface area contributed by atoms with Crippen LogP contribution in [0.1, 0.15) is 2.85 Å². The SMILES string of the molecule is [Be+2].[Fe].[H-].[H-].[Nb].[Ni]. The summed E-state index contributed by atoms with van der Waals surface area (Å²) in [5.41, 5.74) is 0. The second kappa shape index (κ2) is 20.5. The Labute approximate surface area is 68.6 Å². The van der Waals surface area contributed by atoms with E-state index in [-0.39, 0.29) is 68.9 Å². The van der Waals surface area contributed by atoms with Gasteiger partial charge in [0.2, 0.25) is 0 Å². The smallest absolute Gasteiger partial charge is 1.00 e. The normalized spacial score (nSPS) is 0. The average molecular weight is 218 g/mol. The predicted molar refractivity (Wildman–Crippen MR) is 7.98 cm³/mol. The molecule has 0 atom stereocenters. The molecule has 27 valence electrons. The molecule has 0 heterocycles. The van der Waals surface area contributed by atoms with Gasteiger partial charge in [-0.3, -0.25) is 0 Å². The van der Waals surface area contributed by atoms with Gasteiger partial charge >= 0.3 is 10.1 Å². The van der Waals surface area contributed by atoms with Crippen molar-refractivity contribution in [3.63, 3.8) is 0 Å². The van der Waals surface area contributed by atoms with Crippen LogP contribution >= 0.6 is 0 Å². The summed E-state index contributed by atoms with van der Waals surface area (Å²) in [6.07, 6.45) is 0. The number of hydrogen-bond donors (Lipinski definition) is 0. The summed E-state index contributed by atoms with van der Waals surface area (Å²) < 4.78 is 0. The van der Waals surface area contributed by atoms with Gasteiger partial charge in [0.1, 0.15) is 0 Å². The van der Waals surface area contributed by atoms with Crippen LogP contribution in [0.25, 0.3) is 0 Å². The summed E-state index contributed by atoms with van der Waals surface area (Å²) in [6, 6.07) is 0. The summed E-state index contributed by atoms with van der Waals surface area (Å²) in [6.45, 7) is 0. The average Bonchev–Trinajstić information content (AvgIpc) is 0. The molecule has 0 nitrogen and oxygen atoms in total. The molecular weight excluding hydrogens is 216 g/mol. The van der Waals surface area contributed by atoms with Gasteiger partial charge in [0.25, 0.3) is 0 Å². The van der Waals surface area contributed by atoms with Crippen molar-refractivity contribution in [1.29, 1.82) is 0 Å². The molecule has 0 fully saturated rings. The molecule has 0 rings (SSSR count). The largest absolute Gasteiger partial charge is 2.00 e. The molecule has 0 aliphatic carbocycles. The van der Waals surface area contributed by atoms with Crippen molar-refractivity contribution in [3.05, 3.63) is 0 Å². The fraction of sp³-hybridized carbons (Fsp3) is 0. The zero-order valence-corrected chi connectivity index (χ0v) is 6.11. The van der Waals surface area contributed by atoms with E-state index in [9.17, 15) is 0 Å². The van der Waals surface area contributed by atoms with Gasteiger partial charge in [-0.25, -0.2) is 0 Å². The van der Waals surface area contributed by atoms with Crippen molar-refractivity contribution in [2.24, 2.45) is 0 Å². The molecule has 4 heteroatoms. The van der Waals surface area contributed by atoms with Crippen molar-refractivity contribution in [2.75, 3.05) is 0 Å². The molecule has 0 amide bonds. The van der Waals surface area contributed by atoms with E-state index in [1.165, 1.54) is 0 Å². The van der Waals surface area contributed by atoms with Crippen LogP contribution in [0.3, 0.4) is 0 Å². The first-order valence-corrected chi connectivity index (χ1v) is 0. The summed E-state index contributed by atoms with van der Waals surface area (Å²) in [5, 5.41) is 0. The van der Waals surface area contributed by atoms with Crippen LogP contribution in [0.15, 0.2) is 0 Å². The first-order valence-electron chi connectivity index (χ1n) is 0. The zero-order valence-electron chi connectivity index (χ0n) is 3.82. The molecule has 0 unspecified atom stereocenters. The minimum Gasteiger partial charge on any atom is -1.00 e. The summed E-state index contributed by atoms with van der Waals surface area (Å²) in [7, 11) is 0. The van der Waals surface area contributed by atoms with Crippen LogP contribution in [0.2, 0.25) is 0 Å². The topological polar surface area (TPSA) is 0 Å². The fourth-order valence-electron chi connectivity index (χ4n) is 0. The minimum absolute atomic E-state index is 0. The van der Waals surface area contributed by atoms with Gasteiger partial charge in [-0.1, -0.05) is 0 Å². The maximum atomic E-state index is 0. The Morgan fingerprint density at radius 3 is 1.25 bits per heavy atom. The van der Waals surface area contributed by atoms with Crippen LogP contribution in [0.5, 0.6) is 0 Å². The van der Waals surface area contributed by atoms with Crippen LogP contribution in [-0.2, 0) is 55.9 Å². The third kappa shape index (κ3) is 9.06. The molecule has 0 spiro atoms. The number of rotatable bonds is 0. The summed E-state index contributed by atoms with van der Waals surface area (Å²) in [4.78, 5) is 0. The van der Waals surface area contributed by atoms with Crippen LogP contribution in [0, 0.1) is 0 Å². The Morgan fingerprint density at radius 2 is 1.25 bits per heavy atom. The second-order valence-electron chi connectivity index (χ2n) is 0. The molecule has 4 heavy (non-hydrogen) atoms. The van der Waals surface area contributed by atoms with Gasteiger partial charge in [-0.05, 0) is 0 Å². The standard InChI is InChI=1S/Be.Fe.Nb.Ni.2H/q+2;;;;2*-1. The van der Waals surface area contributed by atoms with Crippen molar-refractivity contribution < 1.29 is 58.8 Å². The van der Waals surface area contributed by atoms with Gasteiger partial charge in [0, 0.05) is 55.9 Å². The van der Waals surface area contributed by atoms with E-state index in [1.807, 2.05) is 0 Å². The van der Waals surface area contributed by atoms with Gasteiger partial charge in [-0.2, -0.15) is 0 Å². The molecule has 0 bridgehead atoms. The maximum absolute atomic E-state index is 0. The molecule has 0 N–H and O–H groups in total. The first kappa shape index (κ1) is 38.8. The maximum Gasteiger partial charge on any atom is 2.00 e. The van der Waals surface area contributed by atoms with Crippen LogP contribution in [-0.4, -0.2) is 10.1 Å². The predicted octanol–water partition coefficient (Wildman–Crippen LogP) is -0.163. The van der Waals surface area contributed by atoms with Gasteiger partial charge in [0.15, 0.2) is 0 Å². The van der Waals surface area contributed by atoms with E-state index in [2.05, 4.69) is 0 Å². The van der Waals surface area contributed by atoms with Crippen LogP contribution < -0.4 is 0 Å². The van der Waals surface area contributed by atoms with Gasteiger partial charge < -0.3 is 2.85 Å². The van der Waals surface area contributed by atoms with E-state index in [0.717, 1.165) is 0 Å². The third-order valence-corrected chi connectivity index (χ3v) is 0. The van der Waals surface area contributed by atoms with E-state index in [4.69, 9.17) is 0 Å². The fourth-order valence-corrected chi connectivity index (χ4v) is 0. The Morgan fingerprint density at radius 1 is 1.25 bits per heavy atom. The van der Waals surface area contributed by atoms with E-state index in [0.29, 0.717) is 0 Å². The molecule has 0 aliphatic heterocycles. The van der Waals surface area contributed by atoms with Crippen molar-refractivity contribution in [1.82, 2.24) is 0 Å². The Hall–Kier alpha value is 1.92. The molecule has 0 saturated heterocycles. The van der Waals surface area contributed by atoms with Crippen molar-refractivity contribution >= 4 is 10.1 Å². The molecule has 0 aromatic rings. The molecule has 0 aromatic carbocycles. The Kier molecular flexibility index (Phi) is 199. The van der Waals surface area contributed by atoms with Gasteiger partial charge in [-0.15, -0.1) is 0 Å². The van der Waals surface area contributed by atoms with E-state index in [1.54, 1.807) is 0 Å². The summed E-state index contributed by atoms with van der Waals surface area (Å²) in [5.74, 6) is 0. The zero-order chi connectivity index (χ0) is 0. The molecule has 0 saturated carbocycles. The van der Waals surface area contributed by atoms with Gasteiger partial charge in [0.05, 0.1) is 0 Å². The van der Waals surface area contributed by atoms with E-state index < -0.39 is 0 Å². The minimum atomic E-state index is 0. The second-order valence-corrected chi connectivity index (χ2v) is 0. The number of hydrogen-bond acceptors (Lipinski definition) is 0.